The summed E-state index contributed by atoms with van der Waals surface area (Å²) in [6.07, 6.45) is -1.02. The van der Waals surface area contributed by atoms with Crippen molar-refractivity contribution in [2.75, 3.05) is 18.9 Å². The summed E-state index contributed by atoms with van der Waals surface area (Å²) in [7, 11) is 0. The van der Waals surface area contributed by atoms with Crippen LogP contribution in [0.2, 0.25) is 0 Å². The minimum absolute atomic E-state index is 0.0495. The second kappa shape index (κ2) is 6.86. The van der Waals surface area contributed by atoms with Crippen LogP contribution < -0.4 is 11.4 Å². The number of esters is 1. The molecular weight excluding hydrogens is 294 g/mol. The van der Waals surface area contributed by atoms with Gasteiger partial charge in [-0.25, -0.2) is 4.79 Å². The van der Waals surface area contributed by atoms with Crippen LogP contribution in [0.15, 0.2) is 11.0 Å². The molecule has 1 aromatic rings. The molecule has 0 unspecified atom stereocenters. The Kier molecular flexibility index (Phi) is 5.11. The topological polar surface area (TPSA) is 137 Å². The van der Waals surface area contributed by atoms with Gasteiger partial charge in [0.25, 0.3) is 0 Å². The summed E-state index contributed by atoms with van der Waals surface area (Å²) < 4.78 is 11.4. The molecule has 2 rings (SSSR count). The van der Waals surface area contributed by atoms with Crippen molar-refractivity contribution < 1.29 is 24.5 Å². The van der Waals surface area contributed by atoms with Crippen molar-refractivity contribution in [1.82, 2.24) is 9.55 Å². The molecule has 0 aromatic carbocycles. The number of aromatic nitrogens is 2. The van der Waals surface area contributed by atoms with Gasteiger partial charge in [0, 0.05) is 18.2 Å². The first-order chi connectivity index (χ1) is 10.5. The molecular formula is C13H19N3O6. The van der Waals surface area contributed by atoms with Crippen LogP contribution in [0.5, 0.6) is 0 Å². The second-order valence-corrected chi connectivity index (χ2v) is 4.94. The Balaban J connectivity index is 2.25. The zero-order valence-corrected chi connectivity index (χ0v) is 12.1. The minimum atomic E-state index is -0.882. The molecule has 1 fully saturated rings. The van der Waals surface area contributed by atoms with Crippen molar-refractivity contribution >= 4 is 11.8 Å². The Bertz CT molecular complexity index is 602. The highest BCUT2D eigenvalue weighted by atomic mass is 16.5. The third-order valence-electron chi connectivity index (χ3n) is 3.40. The van der Waals surface area contributed by atoms with Gasteiger partial charge >= 0.3 is 11.7 Å². The van der Waals surface area contributed by atoms with Crippen LogP contribution >= 0.6 is 0 Å². The average molecular weight is 313 g/mol. The number of ether oxygens (including phenoxy) is 2. The largest absolute Gasteiger partial charge is 0.466 e. The monoisotopic (exact) mass is 313 g/mol. The van der Waals surface area contributed by atoms with E-state index in [2.05, 4.69) is 4.98 Å². The van der Waals surface area contributed by atoms with Crippen molar-refractivity contribution in [3.63, 3.8) is 0 Å². The molecule has 4 N–H and O–H groups in total. The lowest BCUT2D eigenvalue weighted by molar-refractivity contribution is -0.142. The number of hydrogen-bond donors (Lipinski definition) is 3. The summed E-state index contributed by atoms with van der Waals surface area (Å²) in [6, 6.07) is 0. The lowest BCUT2D eigenvalue weighted by Crippen LogP contribution is -2.29. The van der Waals surface area contributed by atoms with Gasteiger partial charge in [0.1, 0.15) is 18.1 Å². The van der Waals surface area contributed by atoms with E-state index in [0.717, 1.165) is 4.57 Å². The van der Waals surface area contributed by atoms with Crippen LogP contribution in [0.4, 0.5) is 5.82 Å². The van der Waals surface area contributed by atoms with E-state index in [0.29, 0.717) is 5.56 Å². The van der Waals surface area contributed by atoms with Crippen LogP contribution in [0, 0.1) is 0 Å². The van der Waals surface area contributed by atoms with E-state index in [9.17, 15) is 14.7 Å². The van der Waals surface area contributed by atoms with Crippen molar-refractivity contribution in [2.24, 2.45) is 0 Å². The van der Waals surface area contributed by atoms with Gasteiger partial charge in [0.15, 0.2) is 0 Å². The first-order valence-corrected chi connectivity index (χ1v) is 6.93. The molecule has 0 spiro atoms. The summed E-state index contributed by atoms with van der Waals surface area (Å²) >= 11 is 0. The first-order valence-electron chi connectivity index (χ1n) is 6.93. The van der Waals surface area contributed by atoms with Crippen LogP contribution in [-0.2, 0) is 20.7 Å². The average Bonchev–Trinajstić information content (AvgIpc) is 2.83. The molecule has 2 heterocycles. The van der Waals surface area contributed by atoms with E-state index in [1.54, 1.807) is 6.92 Å². The lowest BCUT2D eigenvalue weighted by Gasteiger charge is -2.16. The molecule has 0 aliphatic carbocycles. The van der Waals surface area contributed by atoms with Crippen molar-refractivity contribution in [2.45, 2.75) is 38.2 Å². The van der Waals surface area contributed by atoms with Gasteiger partial charge in [0.2, 0.25) is 0 Å². The van der Waals surface area contributed by atoms with E-state index in [1.165, 1.54) is 6.20 Å². The Morgan fingerprint density at radius 1 is 1.64 bits per heavy atom. The summed E-state index contributed by atoms with van der Waals surface area (Å²) in [6.45, 7) is 1.57. The van der Waals surface area contributed by atoms with Gasteiger partial charge in [-0.2, -0.15) is 4.98 Å². The van der Waals surface area contributed by atoms with E-state index >= 15 is 0 Å². The molecule has 1 saturated heterocycles. The van der Waals surface area contributed by atoms with E-state index in [-0.39, 0.29) is 31.9 Å². The van der Waals surface area contributed by atoms with Gasteiger partial charge in [0.05, 0.1) is 25.7 Å². The smallest absolute Gasteiger partial charge is 0.351 e. The van der Waals surface area contributed by atoms with Gasteiger partial charge in [-0.1, -0.05) is 0 Å². The molecule has 22 heavy (non-hydrogen) atoms. The van der Waals surface area contributed by atoms with Crippen molar-refractivity contribution in [3.8, 4) is 0 Å². The van der Waals surface area contributed by atoms with Crippen LogP contribution in [0.1, 0.15) is 25.1 Å². The Labute approximate surface area is 126 Å². The summed E-state index contributed by atoms with van der Waals surface area (Å²) in [5.74, 6) is -0.534. The van der Waals surface area contributed by atoms with E-state index in [4.69, 9.17) is 20.3 Å². The van der Waals surface area contributed by atoms with Gasteiger partial charge in [-0.3, -0.25) is 9.36 Å². The van der Waals surface area contributed by atoms with Crippen molar-refractivity contribution in [1.29, 1.82) is 0 Å². The number of carbonyl (C=O) groups is 1. The SMILES string of the molecule is CCOC(=O)Cc1cn([C@H]2C[C@H](O)[C@@H](CO)O2)c(=O)nc1N. The summed E-state index contributed by atoms with van der Waals surface area (Å²) in [5, 5.41) is 18.8. The number of rotatable bonds is 5. The van der Waals surface area contributed by atoms with Crippen LogP contribution in [-0.4, -0.2) is 51.2 Å². The zero-order valence-electron chi connectivity index (χ0n) is 12.1. The van der Waals surface area contributed by atoms with Crippen LogP contribution in [0.3, 0.4) is 0 Å². The molecule has 122 valence electrons. The number of nitrogen functional groups attached to an aromatic ring is 1. The predicted octanol–water partition coefficient (Wildman–Crippen LogP) is -1.43. The lowest BCUT2D eigenvalue weighted by atomic mass is 10.2. The number of aliphatic hydroxyl groups excluding tert-OH is 2. The number of nitrogens with two attached hydrogens (primary N) is 1. The fraction of sp³-hybridized carbons (Fsp3) is 0.615. The predicted molar refractivity (Wildman–Crippen MR) is 74.9 cm³/mol. The molecule has 1 aliphatic rings. The second-order valence-electron chi connectivity index (χ2n) is 4.94. The molecule has 0 saturated carbocycles. The van der Waals surface area contributed by atoms with Gasteiger partial charge < -0.3 is 25.4 Å². The Hall–Kier alpha value is -1.97. The highest BCUT2D eigenvalue weighted by molar-refractivity contribution is 5.74. The number of aliphatic hydroxyl groups is 2. The molecule has 1 aliphatic heterocycles. The molecule has 9 nitrogen and oxygen atoms in total. The Morgan fingerprint density at radius 3 is 2.95 bits per heavy atom. The molecule has 0 amide bonds. The van der Waals surface area contributed by atoms with Gasteiger partial charge in [-0.15, -0.1) is 0 Å². The van der Waals surface area contributed by atoms with E-state index in [1.807, 2.05) is 0 Å². The van der Waals surface area contributed by atoms with Crippen molar-refractivity contribution in [3.05, 3.63) is 22.2 Å². The highest BCUT2D eigenvalue weighted by Gasteiger charge is 2.35. The maximum absolute atomic E-state index is 11.9. The number of carbonyl (C=O) groups excluding carboxylic acids is 1. The van der Waals surface area contributed by atoms with Gasteiger partial charge in [-0.05, 0) is 6.92 Å². The van der Waals surface area contributed by atoms with Crippen LogP contribution in [0.25, 0.3) is 0 Å². The summed E-state index contributed by atoms with van der Waals surface area (Å²) in [5.41, 5.74) is 5.34. The third-order valence-corrected chi connectivity index (χ3v) is 3.40. The standard InChI is InChI=1S/C13H19N3O6/c1-2-21-11(19)3-7-5-16(13(20)15-12(7)14)10-4-8(18)9(6-17)22-10/h5,8-10,17-18H,2-4,6H2,1H3,(H2,14,15,20)/t8-,9+,10+/m0/s1. The number of hydrogen-bond acceptors (Lipinski definition) is 8. The minimum Gasteiger partial charge on any atom is -0.466 e. The molecule has 0 bridgehead atoms. The number of anilines is 1. The normalized spacial score (nSPS) is 24.4. The molecule has 0 radical (unpaired) electrons. The molecule has 1 aromatic heterocycles. The fourth-order valence-electron chi connectivity index (χ4n) is 2.28. The third kappa shape index (κ3) is 3.43. The van der Waals surface area contributed by atoms with E-state index < -0.39 is 30.1 Å². The molecule has 9 heteroatoms. The quantitative estimate of drug-likeness (QED) is 0.563. The zero-order chi connectivity index (χ0) is 16.3. The maximum atomic E-state index is 11.9. The maximum Gasteiger partial charge on any atom is 0.351 e. The number of nitrogens with zero attached hydrogens (tertiary/aromatic N) is 2. The Morgan fingerprint density at radius 2 is 2.36 bits per heavy atom. The highest BCUT2D eigenvalue weighted by Crippen LogP contribution is 2.27. The fourth-order valence-corrected chi connectivity index (χ4v) is 2.28. The molecule has 3 atom stereocenters. The first kappa shape index (κ1) is 16.4. The summed E-state index contributed by atoms with van der Waals surface area (Å²) in [4.78, 5) is 27.1.